The molecule has 0 bridgehead atoms. The Labute approximate surface area is 118 Å². The summed E-state index contributed by atoms with van der Waals surface area (Å²) in [6.45, 7) is 4.77. The van der Waals surface area contributed by atoms with Gasteiger partial charge in [0, 0.05) is 6.54 Å². The molecular formula is C15H19ClN2O. The van der Waals surface area contributed by atoms with Crippen molar-refractivity contribution in [2.24, 2.45) is 0 Å². The molecule has 1 aromatic carbocycles. The molecule has 0 aliphatic carbocycles. The molecule has 1 unspecified atom stereocenters. The van der Waals surface area contributed by atoms with Crippen LogP contribution in [0.1, 0.15) is 36.3 Å². The zero-order valence-corrected chi connectivity index (χ0v) is 12.1. The number of nitrogens with zero attached hydrogens (tertiary/aromatic N) is 2. The summed E-state index contributed by atoms with van der Waals surface area (Å²) in [5.41, 5.74) is 3.19. The van der Waals surface area contributed by atoms with Crippen LogP contribution in [0.15, 0.2) is 30.5 Å². The van der Waals surface area contributed by atoms with E-state index in [2.05, 4.69) is 30.2 Å². The van der Waals surface area contributed by atoms with Crippen LogP contribution in [-0.4, -0.2) is 14.9 Å². The van der Waals surface area contributed by atoms with Gasteiger partial charge in [0.1, 0.15) is 0 Å². The number of aryl methyl sites for hydroxylation is 3. The number of rotatable bonds is 5. The van der Waals surface area contributed by atoms with Gasteiger partial charge in [-0.05, 0) is 32.3 Å². The van der Waals surface area contributed by atoms with Crippen molar-refractivity contribution in [2.45, 2.75) is 39.3 Å². The van der Waals surface area contributed by atoms with Gasteiger partial charge in [-0.15, -0.1) is 0 Å². The van der Waals surface area contributed by atoms with E-state index in [4.69, 9.17) is 11.6 Å². The molecule has 19 heavy (non-hydrogen) atoms. The second-order valence-electron chi connectivity index (χ2n) is 4.74. The van der Waals surface area contributed by atoms with Gasteiger partial charge in [-0.1, -0.05) is 41.4 Å². The van der Waals surface area contributed by atoms with Crippen LogP contribution in [-0.2, 0) is 13.0 Å². The molecular weight excluding hydrogens is 260 g/mol. The molecule has 0 aliphatic rings. The highest BCUT2D eigenvalue weighted by atomic mass is 35.5. The van der Waals surface area contributed by atoms with Crippen LogP contribution in [0.3, 0.4) is 0 Å². The van der Waals surface area contributed by atoms with Crippen molar-refractivity contribution in [3.63, 3.8) is 0 Å². The van der Waals surface area contributed by atoms with E-state index in [1.807, 2.05) is 13.0 Å². The molecule has 102 valence electrons. The lowest BCUT2D eigenvalue weighted by Gasteiger charge is -2.13. The topological polar surface area (TPSA) is 38.0 Å². The third kappa shape index (κ3) is 3.37. The van der Waals surface area contributed by atoms with Gasteiger partial charge in [0.2, 0.25) is 0 Å². The summed E-state index contributed by atoms with van der Waals surface area (Å²) in [7, 11) is 0. The Morgan fingerprint density at radius 1 is 1.42 bits per heavy atom. The molecule has 4 heteroatoms. The van der Waals surface area contributed by atoms with Crippen molar-refractivity contribution in [3.8, 4) is 0 Å². The summed E-state index contributed by atoms with van der Waals surface area (Å²) in [5, 5.41) is 15.0. The number of hydrogen-bond donors (Lipinski definition) is 1. The van der Waals surface area contributed by atoms with Crippen molar-refractivity contribution >= 4 is 11.6 Å². The Bertz CT molecular complexity index is 551. The molecule has 0 fully saturated rings. The van der Waals surface area contributed by atoms with Crippen LogP contribution in [0.4, 0.5) is 0 Å². The first kappa shape index (κ1) is 14.1. The Kier molecular flexibility index (Phi) is 4.61. The highest BCUT2D eigenvalue weighted by Gasteiger charge is 2.17. The molecule has 0 saturated heterocycles. The zero-order chi connectivity index (χ0) is 13.8. The normalized spacial score (nSPS) is 12.6. The number of aliphatic hydroxyl groups excluding tert-OH is 1. The molecule has 1 heterocycles. The third-order valence-corrected chi connectivity index (χ3v) is 3.53. The van der Waals surface area contributed by atoms with Crippen LogP contribution in [0.2, 0.25) is 5.02 Å². The van der Waals surface area contributed by atoms with E-state index in [9.17, 15) is 5.11 Å². The van der Waals surface area contributed by atoms with Crippen LogP contribution in [0.25, 0.3) is 0 Å². The highest BCUT2D eigenvalue weighted by molar-refractivity contribution is 6.31. The Morgan fingerprint density at radius 2 is 2.21 bits per heavy atom. The minimum absolute atomic E-state index is 0.540. The minimum atomic E-state index is -0.574. The summed E-state index contributed by atoms with van der Waals surface area (Å²) >= 11 is 6.08. The molecule has 1 aromatic heterocycles. The fraction of sp³-hybridized carbons (Fsp3) is 0.400. The molecule has 1 atom stereocenters. The molecule has 0 aliphatic heterocycles. The van der Waals surface area contributed by atoms with Gasteiger partial charge in [-0.2, -0.15) is 5.10 Å². The Morgan fingerprint density at radius 3 is 2.89 bits per heavy atom. The average Bonchev–Trinajstić information content (AvgIpc) is 2.77. The molecule has 3 nitrogen and oxygen atoms in total. The zero-order valence-electron chi connectivity index (χ0n) is 11.3. The third-order valence-electron chi connectivity index (χ3n) is 3.24. The predicted molar refractivity (Wildman–Crippen MR) is 77.4 cm³/mol. The second kappa shape index (κ2) is 6.22. The highest BCUT2D eigenvalue weighted by Crippen LogP contribution is 2.26. The lowest BCUT2D eigenvalue weighted by atomic mass is 10.0. The number of halogens is 1. The second-order valence-corrected chi connectivity index (χ2v) is 5.14. The lowest BCUT2D eigenvalue weighted by molar-refractivity contribution is 0.157. The summed E-state index contributed by atoms with van der Waals surface area (Å²) in [5.74, 6) is 0. The summed E-state index contributed by atoms with van der Waals surface area (Å²) in [4.78, 5) is 0. The molecule has 0 amide bonds. The number of aromatic nitrogens is 2. The van der Waals surface area contributed by atoms with E-state index in [1.165, 1.54) is 11.1 Å². The maximum absolute atomic E-state index is 10.3. The van der Waals surface area contributed by atoms with Gasteiger partial charge in [0.05, 0.1) is 23.0 Å². The van der Waals surface area contributed by atoms with Gasteiger partial charge < -0.3 is 5.11 Å². The first-order chi connectivity index (χ1) is 9.11. The fourth-order valence-electron chi connectivity index (χ4n) is 2.26. The number of hydrogen-bond acceptors (Lipinski definition) is 2. The minimum Gasteiger partial charge on any atom is -0.387 e. The van der Waals surface area contributed by atoms with Crippen molar-refractivity contribution in [3.05, 3.63) is 52.3 Å². The largest absolute Gasteiger partial charge is 0.387 e. The van der Waals surface area contributed by atoms with E-state index in [-0.39, 0.29) is 0 Å². The Balaban J connectivity index is 2.05. The quantitative estimate of drug-likeness (QED) is 0.909. The monoisotopic (exact) mass is 278 g/mol. The first-order valence-electron chi connectivity index (χ1n) is 6.56. The molecule has 2 aromatic rings. The standard InChI is InChI=1S/C15H19ClN2O/c1-3-18-15(13(16)10-17-18)14(19)8-7-12-6-4-5-11(2)9-12/h4-6,9-10,14,19H,3,7-8H2,1-2H3. The molecule has 0 radical (unpaired) electrons. The van der Waals surface area contributed by atoms with Crippen LogP contribution in [0.5, 0.6) is 0 Å². The molecule has 0 saturated carbocycles. The fourth-order valence-corrected chi connectivity index (χ4v) is 2.53. The van der Waals surface area contributed by atoms with E-state index < -0.39 is 6.10 Å². The van der Waals surface area contributed by atoms with Gasteiger partial charge >= 0.3 is 0 Å². The van der Waals surface area contributed by atoms with Gasteiger partial charge in [-0.25, -0.2) is 0 Å². The van der Waals surface area contributed by atoms with Gasteiger partial charge in [0.25, 0.3) is 0 Å². The maximum Gasteiger partial charge on any atom is 0.0975 e. The van der Waals surface area contributed by atoms with Crippen molar-refractivity contribution in [2.75, 3.05) is 0 Å². The summed E-state index contributed by atoms with van der Waals surface area (Å²) in [6.07, 6.45) is 2.50. The van der Waals surface area contributed by atoms with Crippen LogP contribution < -0.4 is 0 Å². The number of benzene rings is 1. The summed E-state index contributed by atoms with van der Waals surface area (Å²) < 4.78 is 1.75. The predicted octanol–water partition coefficient (Wildman–Crippen LogP) is 3.53. The lowest BCUT2D eigenvalue weighted by Crippen LogP contribution is -2.09. The van der Waals surface area contributed by atoms with E-state index in [1.54, 1.807) is 10.9 Å². The maximum atomic E-state index is 10.3. The van der Waals surface area contributed by atoms with E-state index in [0.717, 1.165) is 12.1 Å². The Hall–Kier alpha value is -1.32. The molecule has 2 rings (SSSR count). The number of aliphatic hydroxyl groups is 1. The van der Waals surface area contributed by atoms with Crippen LogP contribution >= 0.6 is 11.6 Å². The smallest absolute Gasteiger partial charge is 0.0975 e. The van der Waals surface area contributed by atoms with Crippen molar-refractivity contribution < 1.29 is 5.11 Å². The molecule has 1 N–H and O–H groups in total. The average molecular weight is 279 g/mol. The van der Waals surface area contributed by atoms with E-state index >= 15 is 0 Å². The van der Waals surface area contributed by atoms with E-state index in [0.29, 0.717) is 18.0 Å². The van der Waals surface area contributed by atoms with Gasteiger partial charge in [-0.3, -0.25) is 4.68 Å². The molecule has 0 spiro atoms. The summed E-state index contributed by atoms with van der Waals surface area (Å²) in [6, 6.07) is 8.34. The van der Waals surface area contributed by atoms with Crippen molar-refractivity contribution in [1.29, 1.82) is 0 Å². The van der Waals surface area contributed by atoms with Crippen LogP contribution in [0, 0.1) is 6.92 Å². The van der Waals surface area contributed by atoms with Gasteiger partial charge in [0.15, 0.2) is 0 Å². The SMILES string of the molecule is CCn1ncc(Cl)c1C(O)CCc1cccc(C)c1. The first-order valence-corrected chi connectivity index (χ1v) is 6.94. The van der Waals surface area contributed by atoms with Crippen molar-refractivity contribution in [1.82, 2.24) is 9.78 Å².